The van der Waals surface area contributed by atoms with Crippen LogP contribution >= 0.6 is 15.8 Å². The van der Waals surface area contributed by atoms with Gasteiger partial charge in [-0.2, -0.15) is 31.6 Å². The molecule has 0 bridgehead atoms. The molecule has 0 saturated heterocycles. The fourth-order valence-corrected chi connectivity index (χ4v) is 6.44. The predicted molar refractivity (Wildman–Crippen MR) is 133 cm³/mol. The van der Waals surface area contributed by atoms with Crippen molar-refractivity contribution < 1.29 is 16.5 Å². The molecule has 0 atom stereocenters. The number of nitriles is 8. The Labute approximate surface area is 221 Å². The molecule has 176 valence electrons. The van der Waals surface area contributed by atoms with Gasteiger partial charge >= 0.3 is 16.5 Å². The van der Waals surface area contributed by atoms with Crippen LogP contribution in [0.4, 0.5) is 0 Å². The molecule has 0 N–H and O–H groups in total. The average Bonchev–Trinajstić information content (AvgIpc) is 2.79. The van der Waals surface area contributed by atoms with Crippen LogP contribution in [0.25, 0.3) is 0 Å². The monoisotopic (exact) mass is 562 g/mol. The zero-order chi connectivity index (χ0) is 25.3. The third kappa shape index (κ3) is 48.4. The summed E-state index contributed by atoms with van der Waals surface area (Å²) in [7, 11) is -1.20. The van der Waals surface area contributed by atoms with E-state index in [0.717, 1.165) is 37.0 Å². The van der Waals surface area contributed by atoms with Gasteiger partial charge in [-0.1, -0.05) is 10.8 Å². The summed E-state index contributed by atoms with van der Waals surface area (Å²) in [6, 6.07) is 12.7. The van der Waals surface area contributed by atoms with E-state index < -0.39 is 15.8 Å². The van der Waals surface area contributed by atoms with Crippen molar-refractivity contribution in [2.45, 2.75) is 38.5 Å². The smallest absolute Gasteiger partial charge is 0.696 e. The molecule has 0 spiro atoms. The van der Waals surface area contributed by atoms with Crippen LogP contribution in [0.2, 0.25) is 0 Å². The van der Waals surface area contributed by atoms with E-state index in [-0.39, 0.29) is 16.5 Å². The van der Waals surface area contributed by atoms with Crippen LogP contribution in [0.5, 0.6) is 0 Å². The van der Waals surface area contributed by atoms with Crippen LogP contribution in [-0.2, 0) is 41.7 Å². The van der Waals surface area contributed by atoms with E-state index >= 15 is 0 Å². The first-order valence-corrected chi connectivity index (χ1v) is 14.5. The zero-order valence-corrected chi connectivity index (χ0v) is 22.8. The van der Waals surface area contributed by atoms with Gasteiger partial charge in [0.2, 0.25) is 0 Å². The summed E-state index contributed by atoms with van der Waals surface area (Å²) in [5.74, 6) is 0. The molecule has 0 aromatic carbocycles. The van der Waals surface area contributed by atoms with Crippen molar-refractivity contribution in [2.24, 2.45) is 0 Å². The Hall–Kier alpha value is -2.29. The van der Waals surface area contributed by atoms with Crippen molar-refractivity contribution in [3.05, 3.63) is 0 Å². The SMILES string of the molecule is N#CCC[PH+](CCC#N)CCC#N.N#CCC[PH+](CCC#N)CCC#N.N#C[S-].N#C[S-].[Ni+2]. The van der Waals surface area contributed by atoms with Crippen molar-refractivity contribution >= 4 is 41.1 Å². The molecule has 0 fully saturated rings. The Morgan fingerprint density at radius 3 is 0.606 bits per heavy atom. The summed E-state index contributed by atoms with van der Waals surface area (Å²) in [6.45, 7) is 0. The molecule has 0 heterocycles. The third-order valence-electron chi connectivity index (χ3n) is 3.54. The van der Waals surface area contributed by atoms with Gasteiger partial charge in [0.05, 0.1) is 112 Å². The van der Waals surface area contributed by atoms with Gasteiger partial charge < -0.3 is 25.3 Å². The second-order valence-corrected chi connectivity index (χ2v) is 12.0. The summed E-state index contributed by atoms with van der Waals surface area (Å²) in [6.07, 6.45) is 8.97. The first kappa shape index (κ1) is 41.0. The second kappa shape index (κ2) is 43.6. The molecule has 33 heavy (non-hydrogen) atoms. The van der Waals surface area contributed by atoms with E-state index in [1.54, 1.807) is 0 Å². The normalized spacial score (nSPS) is 7.33. The Kier molecular flexibility index (Phi) is 54.1. The standard InChI is InChI=1S/2C9H12N3P.2CHNS.Ni/c2*10-4-1-7-13(8-2-5-11)9-3-6-12;2*2-1-3;/h2*1-3,7-9H2;2*3H;/q;;;;+2. The minimum Gasteiger partial charge on any atom is -0.696 e. The molecule has 0 radical (unpaired) electrons. The molecule has 8 nitrogen and oxygen atoms in total. The van der Waals surface area contributed by atoms with Gasteiger partial charge in [0.1, 0.15) is 0 Å². The van der Waals surface area contributed by atoms with Gasteiger partial charge in [-0.15, -0.1) is 0 Å². The van der Waals surface area contributed by atoms with Crippen molar-refractivity contribution in [1.82, 2.24) is 0 Å². The molecule has 0 aliphatic heterocycles. The van der Waals surface area contributed by atoms with Crippen molar-refractivity contribution in [3.63, 3.8) is 0 Å². The van der Waals surface area contributed by atoms with Crippen molar-refractivity contribution in [2.75, 3.05) is 37.0 Å². The maximum absolute atomic E-state index is 8.40. The Balaban J connectivity index is -0.000000124. The summed E-state index contributed by atoms with van der Waals surface area (Å²) in [5.41, 5.74) is 0. The van der Waals surface area contributed by atoms with E-state index in [9.17, 15) is 0 Å². The minimum atomic E-state index is -0.600. The first-order valence-electron chi connectivity index (χ1n) is 9.44. The fraction of sp³-hybridized carbons (Fsp3) is 0.600. The second-order valence-electron chi connectivity index (χ2n) is 5.63. The molecule has 0 aromatic heterocycles. The molecule has 0 aromatic rings. The Bertz CT molecular complexity index is 622. The van der Waals surface area contributed by atoms with Crippen LogP contribution < -0.4 is 0 Å². The fourth-order valence-electron chi connectivity index (χ4n) is 2.15. The van der Waals surface area contributed by atoms with Gasteiger partial charge in [-0.05, 0) is 0 Å². The van der Waals surface area contributed by atoms with Crippen LogP contribution in [0.15, 0.2) is 0 Å². The molecule has 0 saturated carbocycles. The quantitative estimate of drug-likeness (QED) is 0.146. The largest absolute Gasteiger partial charge is 2.00 e. The first-order chi connectivity index (χ1) is 15.5. The average molecular weight is 563 g/mol. The van der Waals surface area contributed by atoms with Gasteiger partial charge in [-0.3, -0.25) is 0 Å². The number of thiocyanates is 2. The van der Waals surface area contributed by atoms with E-state index in [4.69, 9.17) is 42.1 Å². The van der Waals surface area contributed by atoms with Crippen LogP contribution in [0.3, 0.4) is 0 Å². The molecule has 0 rings (SSSR count). The third-order valence-corrected chi connectivity index (χ3v) is 9.28. The maximum Gasteiger partial charge on any atom is 2.00 e. The van der Waals surface area contributed by atoms with Crippen LogP contribution in [0.1, 0.15) is 38.5 Å². The summed E-state index contributed by atoms with van der Waals surface area (Å²) in [4.78, 5) is 0. The number of hydrogen-bond donors (Lipinski definition) is 0. The molecule has 0 aliphatic rings. The van der Waals surface area contributed by atoms with Gasteiger partial charge in [0.25, 0.3) is 0 Å². The summed E-state index contributed by atoms with van der Waals surface area (Å²) >= 11 is 7.40. The van der Waals surface area contributed by atoms with E-state index in [0.29, 0.717) is 38.5 Å². The van der Waals surface area contributed by atoms with Crippen LogP contribution in [-0.4, -0.2) is 37.0 Å². The Morgan fingerprint density at radius 2 is 0.515 bits per heavy atom. The molecular weight excluding hydrogens is 537 g/mol. The maximum atomic E-state index is 8.40. The molecule has 0 amide bonds. The molecule has 13 heteroatoms. The zero-order valence-electron chi connectivity index (χ0n) is 18.2. The number of nitrogens with zero attached hydrogens (tertiary/aromatic N) is 8. The summed E-state index contributed by atoms with van der Waals surface area (Å²) < 4.78 is 0. The van der Waals surface area contributed by atoms with Gasteiger partial charge in [0, 0.05) is 15.8 Å². The van der Waals surface area contributed by atoms with Gasteiger partial charge in [0.15, 0.2) is 0 Å². The summed E-state index contributed by atoms with van der Waals surface area (Å²) in [5, 5.41) is 67.3. The molecule has 0 aliphatic carbocycles. The van der Waals surface area contributed by atoms with Gasteiger partial charge in [-0.25, -0.2) is 10.5 Å². The van der Waals surface area contributed by atoms with Crippen molar-refractivity contribution in [1.29, 1.82) is 42.1 Å². The number of hydrogen-bond acceptors (Lipinski definition) is 10. The minimum absolute atomic E-state index is 0. The number of rotatable bonds is 12. The molecule has 0 unspecified atom stereocenters. The van der Waals surface area contributed by atoms with E-state index in [1.165, 1.54) is 10.8 Å². The topological polar surface area (TPSA) is 190 Å². The van der Waals surface area contributed by atoms with Crippen molar-refractivity contribution in [3.8, 4) is 47.2 Å². The van der Waals surface area contributed by atoms with E-state index in [1.807, 2.05) is 0 Å². The van der Waals surface area contributed by atoms with Crippen LogP contribution in [0, 0.1) is 89.3 Å². The van der Waals surface area contributed by atoms with E-state index in [2.05, 4.69) is 61.7 Å². The molecular formula is C20H26N8NiP2S2+2. The predicted octanol–water partition coefficient (Wildman–Crippen LogP) is 3.91. The Morgan fingerprint density at radius 1 is 0.394 bits per heavy atom.